The van der Waals surface area contributed by atoms with Gasteiger partial charge in [-0.25, -0.2) is 9.97 Å². The summed E-state index contributed by atoms with van der Waals surface area (Å²) in [4.78, 5) is 9.91. The monoisotopic (exact) mass is 323 g/mol. The van der Waals surface area contributed by atoms with E-state index in [1.165, 1.54) is 42.0 Å². The standard InChI is InChI=1S/C16H25N3S2/c1-2-8-17-15-12-6-4-3-5-7-13(12)18-16(19-15)14-11-20-9-10-21-14/h14H,2-11H2,1H3,(H,17,18,19). The fourth-order valence-corrected chi connectivity index (χ4v) is 5.56. The minimum Gasteiger partial charge on any atom is -0.370 e. The lowest BCUT2D eigenvalue weighted by Crippen LogP contribution is -2.16. The number of hydrogen-bond acceptors (Lipinski definition) is 5. The zero-order chi connectivity index (χ0) is 14.5. The summed E-state index contributed by atoms with van der Waals surface area (Å²) in [6, 6.07) is 0. The second-order valence-electron chi connectivity index (χ2n) is 5.78. The van der Waals surface area contributed by atoms with Crippen LogP contribution in [0.4, 0.5) is 5.82 Å². The van der Waals surface area contributed by atoms with Crippen molar-refractivity contribution in [1.82, 2.24) is 9.97 Å². The highest BCUT2D eigenvalue weighted by Gasteiger charge is 2.23. The molecule has 2 heterocycles. The first-order valence-corrected chi connectivity index (χ1v) is 10.4. The highest BCUT2D eigenvalue weighted by Crippen LogP contribution is 2.36. The van der Waals surface area contributed by atoms with Crippen LogP contribution >= 0.6 is 23.5 Å². The molecule has 2 aliphatic rings. The van der Waals surface area contributed by atoms with Crippen molar-refractivity contribution in [2.45, 2.75) is 50.7 Å². The third-order valence-corrected chi connectivity index (χ3v) is 6.85. The molecule has 1 aliphatic heterocycles. The van der Waals surface area contributed by atoms with Crippen LogP contribution in [0.2, 0.25) is 0 Å². The van der Waals surface area contributed by atoms with Gasteiger partial charge in [0.1, 0.15) is 11.6 Å². The maximum atomic E-state index is 4.98. The highest BCUT2D eigenvalue weighted by atomic mass is 32.2. The van der Waals surface area contributed by atoms with Crippen molar-refractivity contribution in [1.29, 1.82) is 0 Å². The molecule has 0 aromatic carbocycles. The van der Waals surface area contributed by atoms with Gasteiger partial charge in [-0.1, -0.05) is 13.3 Å². The van der Waals surface area contributed by atoms with Crippen LogP contribution < -0.4 is 5.32 Å². The van der Waals surface area contributed by atoms with Crippen LogP contribution in [0.3, 0.4) is 0 Å². The maximum Gasteiger partial charge on any atom is 0.144 e. The lowest BCUT2D eigenvalue weighted by atomic mass is 10.1. The molecule has 1 fully saturated rings. The summed E-state index contributed by atoms with van der Waals surface area (Å²) in [7, 11) is 0. The molecule has 21 heavy (non-hydrogen) atoms. The Balaban J connectivity index is 1.91. The van der Waals surface area contributed by atoms with Crippen molar-refractivity contribution in [2.75, 3.05) is 29.1 Å². The summed E-state index contributed by atoms with van der Waals surface area (Å²) in [6.45, 7) is 3.22. The molecule has 3 rings (SSSR count). The van der Waals surface area contributed by atoms with E-state index >= 15 is 0 Å². The van der Waals surface area contributed by atoms with Crippen LogP contribution in [0.5, 0.6) is 0 Å². The molecule has 0 radical (unpaired) electrons. The van der Waals surface area contributed by atoms with Crippen molar-refractivity contribution >= 4 is 29.3 Å². The Labute approximate surface area is 136 Å². The number of nitrogens with one attached hydrogen (secondary N) is 1. The van der Waals surface area contributed by atoms with Crippen LogP contribution in [-0.2, 0) is 12.8 Å². The van der Waals surface area contributed by atoms with Crippen molar-refractivity contribution in [3.63, 3.8) is 0 Å². The summed E-state index contributed by atoms with van der Waals surface area (Å²) in [5, 5.41) is 4.05. The quantitative estimate of drug-likeness (QED) is 0.845. The lowest BCUT2D eigenvalue weighted by molar-refractivity contribution is 0.708. The zero-order valence-corrected chi connectivity index (χ0v) is 14.5. The van der Waals surface area contributed by atoms with E-state index in [2.05, 4.69) is 12.2 Å². The molecule has 116 valence electrons. The van der Waals surface area contributed by atoms with Gasteiger partial charge < -0.3 is 5.32 Å². The smallest absolute Gasteiger partial charge is 0.144 e. The molecular formula is C16H25N3S2. The van der Waals surface area contributed by atoms with Gasteiger partial charge in [0.25, 0.3) is 0 Å². The normalized spacial score (nSPS) is 22.4. The SMILES string of the molecule is CCCNc1nc(C2CSCCS2)nc2c1CCCCC2. The maximum absolute atomic E-state index is 4.98. The summed E-state index contributed by atoms with van der Waals surface area (Å²) < 4.78 is 0. The first-order chi connectivity index (χ1) is 10.4. The number of nitrogens with zero attached hydrogens (tertiary/aromatic N) is 2. The van der Waals surface area contributed by atoms with E-state index in [9.17, 15) is 0 Å². The van der Waals surface area contributed by atoms with Crippen LogP contribution in [0, 0.1) is 0 Å². The van der Waals surface area contributed by atoms with Gasteiger partial charge in [0.05, 0.1) is 5.25 Å². The van der Waals surface area contributed by atoms with Crippen molar-refractivity contribution < 1.29 is 0 Å². The minimum atomic E-state index is 0.486. The topological polar surface area (TPSA) is 37.8 Å². The van der Waals surface area contributed by atoms with Crippen molar-refractivity contribution in [3.8, 4) is 0 Å². The third kappa shape index (κ3) is 3.86. The average molecular weight is 324 g/mol. The molecule has 1 aliphatic carbocycles. The largest absolute Gasteiger partial charge is 0.370 e. The van der Waals surface area contributed by atoms with E-state index < -0.39 is 0 Å². The van der Waals surface area contributed by atoms with E-state index in [4.69, 9.17) is 9.97 Å². The Morgan fingerprint density at radius 1 is 1.14 bits per heavy atom. The van der Waals surface area contributed by atoms with E-state index in [0.717, 1.165) is 43.2 Å². The van der Waals surface area contributed by atoms with Crippen LogP contribution in [0.15, 0.2) is 0 Å². The fourth-order valence-electron chi connectivity index (χ4n) is 2.96. The Morgan fingerprint density at radius 2 is 2.05 bits per heavy atom. The fraction of sp³-hybridized carbons (Fsp3) is 0.750. The number of hydrogen-bond donors (Lipinski definition) is 1. The molecule has 1 saturated heterocycles. The predicted octanol–water partition coefficient (Wildman–Crippen LogP) is 4.09. The van der Waals surface area contributed by atoms with E-state index in [1.54, 1.807) is 0 Å². The van der Waals surface area contributed by atoms with Gasteiger partial charge in [-0.2, -0.15) is 11.8 Å². The van der Waals surface area contributed by atoms with Crippen LogP contribution in [0.1, 0.15) is 54.9 Å². The Morgan fingerprint density at radius 3 is 2.86 bits per heavy atom. The molecular weight excluding hydrogens is 298 g/mol. The predicted molar refractivity (Wildman–Crippen MR) is 94.6 cm³/mol. The molecule has 5 heteroatoms. The Bertz CT molecular complexity index is 473. The lowest BCUT2D eigenvalue weighted by Gasteiger charge is -2.22. The minimum absolute atomic E-state index is 0.486. The molecule has 1 aromatic heterocycles. The van der Waals surface area contributed by atoms with E-state index in [-0.39, 0.29) is 0 Å². The molecule has 0 spiro atoms. The first-order valence-electron chi connectivity index (χ1n) is 8.21. The molecule has 1 aromatic rings. The van der Waals surface area contributed by atoms with Crippen LogP contribution in [0.25, 0.3) is 0 Å². The summed E-state index contributed by atoms with van der Waals surface area (Å²) in [6.07, 6.45) is 7.31. The zero-order valence-electron chi connectivity index (χ0n) is 12.9. The van der Waals surface area contributed by atoms with Gasteiger partial charge >= 0.3 is 0 Å². The van der Waals surface area contributed by atoms with Gasteiger partial charge in [-0.05, 0) is 32.1 Å². The summed E-state index contributed by atoms with van der Waals surface area (Å²) in [5.41, 5.74) is 2.73. The Hall–Kier alpha value is -0.420. The van der Waals surface area contributed by atoms with Gasteiger partial charge in [0, 0.05) is 35.1 Å². The number of fused-ring (bicyclic) bond motifs is 1. The van der Waals surface area contributed by atoms with Gasteiger partial charge in [-0.15, -0.1) is 11.8 Å². The molecule has 3 nitrogen and oxygen atoms in total. The van der Waals surface area contributed by atoms with E-state index in [1.807, 2.05) is 23.5 Å². The number of aryl methyl sites for hydroxylation is 1. The van der Waals surface area contributed by atoms with Gasteiger partial charge in [0.15, 0.2) is 0 Å². The second-order valence-corrected chi connectivity index (χ2v) is 8.24. The van der Waals surface area contributed by atoms with Gasteiger partial charge in [0.2, 0.25) is 0 Å². The number of aromatic nitrogens is 2. The average Bonchev–Trinajstić information content (AvgIpc) is 2.78. The van der Waals surface area contributed by atoms with Crippen molar-refractivity contribution in [2.24, 2.45) is 0 Å². The first kappa shape index (κ1) is 15.5. The Kier molecular flexibility index (Phi) is 5.69. The number of thioether (sulfide) groups is 2. The highest BCUT2D eigenvalue weighted by molar-refractivity contribution is 8.06. The molecule has 0 bridgehead atoms. The van der Waals surface area contributed by atoms with Crippen LogP contribution in [-0.4, -0.2) is 33.8 Å². The summed E-state index contributed by atoms with van der Waals surface area (Å²) >= 11 is 4.07. The third-order valence-electron chi connectivity index (χ3n) is 4.10. The molecule has 0 amide bonds. The molecule has 1 atom stereocenters. The summed E-state index contributed by atoms with van der Waals surface area (Å²) in [5.74, 6) is 5.87. The second kappa shape index (κ2) is 7.73. The molecule has 0 saturated carbocycles. The molecule has 1 unspecified atom stereocenters. The van der Waals surface area contributed by atoms with Gasteiger partial charge in [-0.3, -0.25) is 0 Å². The molecule has 1 N–H and O–H groups in total. The van der Waals surface area contributed by atoms with Crippen molar-refractivity contribution in [3.05, 3.63) is 17.1 Å². The van der Waals surface area contributed by atoms with E-state index in [0.29, 0.717) is 5.25 Å². The number of rotatable bonds is 4. The number of anilines is 1.